The Bertz CT molecular complexity index is 459. The lowest BCUT2D eigenvalue weighted by atomic mass is 10.2. The first-order valence-electron chi connectivity index (χ1n) is 8.03. The van der Waals surface area contributed by atoms with Crippen LogP contribution in [0.15, 0.2) is 24.3 Å². The van der Waals surface area contributed by atoms with Crippen molar-refractivity contribution in [2.75, 3.05) is 33.8 Å². The third-order valence-corrected chi connectivity index (χ3v) is 3.79. The van der Waals surface area contributed by atoms with Crippen molar-refractivity contribution in [3.05, 3.63) is 29.8 Å². The largest absolute Gasteiger partial charge is 0.494 e. The van der Waals surface area contributed by atoms with E-state index in [0.29, 0.717) is 6.54 Å². The van der Waals surface area contributed by atoms with Crippen LogP contribution in [-0.4, -0.2) is 50.6 Å². The van der Waals surface area contributed by atoms with Gasteiger partial charge in [-0.15, -0.1) is 12.4 Å². The third kappa shape index (κ3) is 7.20. The van der Waals surface area contributed by atoms with E-state index >= 15 is 0 Å². The summed E-state index contributed by atoms with van der Waals surface area (Å²) < 4.78 is 5.69. The zero-order valence-electron chi connectivity index (χ0n) is 14.0. The number of nitrogens with one attached hydrogen (secondary N) is 2. The highest BCUT2D eigenvalue weighted by atomic mass is 35.5. The third-order valence-electron chi connectivity index (χ3n) is 3.79. The highest BCUT2D eigenvalue weighted by molar-refractivity contribution is 5.85. The molecule has 1 aromatic carbocycles. The molecule has 0 unspecified atom stereocenters. The lowest BCUT2D eigenvalue weighted by Gasteiger charge is -2.12. The van der Waals surface area contributed by atoms with Crippen LogP contribution in [-0.2, 0) is 11.3 Å². The fraction of sp³-hybridized carbons (Fsp3) is 0.588. The van der Waals surface area contributed by atoms with Gasteiger partial charge in [0.25, 0.3) is 0 Å². The van der Waals surface area contributed by atoms with Gasteiger partial charge in [-0.05, 0) is 57.6 Å². The van der Waals surface area contributed by atoms with Crippen LogP contribution in [0.5, 0.6) is 5.75 Å². The van der Waals surface area contributed by atoms with Crippen molar-refractivity contribution < 1.29 is 9.53 Å². The van der Waals surface area contributed by atoms with Gasteiger partial charge in [-0.1, -0.05) is 12.1 Å². The molecule has 1 aromatic rings. The molecule has 130 valence electrons. The molecule has 1 heterocycles. The van der Waals surface area contributed by atoms with E-state index in [0.717, 1.165) is 50.3 Å². The van der Waals surface area contributed by atoms with Gasteiger partial charge in [0.15, 0.2) is 0 Å². The minimum absolute atomic E-state index is 0. The lowest BCUT2D eigenvalue weighted by molar-refractivity contribution is -0.122. The fourth-order valence-corrected chi connectivity index (χ4v) is 2.50. The number of amides is 1. The number of ether oxygens (including phenoxy) is 1. The van der Waals surface area contributed by atoms with Gasteiger partial charge in [0, 0.05) is 13.1 Å². The molecular weight excluding hydrogens is 314 g/mol. The quantitative estimate of drug-likeness (QED) is 0.708. The summed E-state index contributed by atoms with van der Waals surface area (Å²) in [6.07, 6.45) is 3.03. The van der Waals surface area contributed by atoms with Gasteiger partial charge < -0.3 is 20.3 Å². The average molecular weight is 342 g/mol. The molecule has 1 atom stereocenters. The molecule has 1 saturated heterocycles. The second-order valence-corrected chi connectivity index (χ2v) is 6.02. The normalized spacial score (nSPS) is 16.9. The molecule has 1 amide bonds. The van der Waals surface area contributed by atoms with Crippen LogP contribution in [0.2, 0.25) is 0 Å². The highest BCUT2D eigenvalue weighted by Crippen LogP contribution is 2.13. The van der Waals surface area contributed by atoms with Gasteiger partial charge in [-0.2, -0.15) is 0 Å². The molecule has 0 saturated carbocycles. The predicted molar refractivity (Wildman–Crippen MR) is 95.2 cm³/mol. The molecule has 0 bridgehead atoms. The minimum Gasteiger partial charge on any atom is -0.494 e. The second-order valence-electron chi connectivity index (χ2n) is 6.02. The van der Waals surface area contributed by atoms with Gasteiger partial charge in [0.05, 0.1) is 12.6 Å². The molecule has 0 spiro atoms. The Balaban J connectivity index is 0.00000264. The maximum atomic E-state index is 11.9. The number of carbonyl (C=O) groups excluding carboxylic acids is 1. The van der Waals surface area contributed by atoms with Gasteiger partial charge >= 0.3 is 0 Å². The fourth-order valence-electron chi connectivity index (χ4n) is 2.50. The summed E-state index contributed by atoms with van der Waals surface area (Å²) >= 11 is 0. The summed E-state index contributed by atoms with van der Waals surface area (Å²) in [5, 5.41) is 6.18. The van der Waals surface area contributed by atoms with Crippen molar-refractivity contribution >= 4 is 18.3 Å². The van der Waals surface area contributed by atoms with Crippen molar-refractivity contribution in [2.45, 2.75) is 31.8 Å². The number of rotatable bonds is 8. The summed E-state index contributed by atoms with van der Waals surface area (Å²) in [6.45, 7) is 3.26. The minimum atomic E-state index is -0.0145. The van der Waals surface area contributed by atoms with Crippen LogP contribution < -0.4 is 15.4 Å². The number of hydrogen-bond donors (Lipinski definition) is 2. The zero-order valence-corrected chi connectivity index (χ0v) is 14.8. The van der Waals surface area contributed by atoms with E-state index in [2.05, 4.69) is 29.6 Å². The molecular formula is C17H28ClN3O2. The zero-order chi connectivity index (χ0) is 15.8. The van der Waals surface area contributed by atoms with Crippen LogP contribution in [0.1, 0.15) is 24.8 Å². The molecule has 0 aromatic heterocycles. The maximum absolute atomic E-state index is 11.9. The topological polar surface area (TPSA) is 53.6 Å². The van der Waals surface area contributed by atoms with Gasteiger partial charge in [-0.25, -0.2) is 0 Å². The summed E-state index contributed by atoms with van der Waals surface area (Å²) in [7, 11) is 4.12. The Labute approximate surface area is 145 Å². The van der Waals surface area contributed by atoms with E-state index in [1.807, 2.05) is 24.3 Å². The summed E-state index contributed by atoms with van der Waals surface area (Å²) in [5.41, 5.74) is 1.09. The molecule has 5 nitrogen and oxygen atoms in total. The van der Waals surface area contributed by atoms with Crippen LogP contribution >= 0.6 is 12.4 Å². The monoisotopic (exact) mass is 341 g/mol. The molecule has 0 aliphatic carbocycles. The molecule has 2 rings (SSSR count). The number of hydrogen-bond acceptors (Lipinski definition) is 4. The molecule has 1 fully saturated rings. The van der Waals surface area contributed by atoms with Crippen LogP contribution in [0, 0.1) is 0 Å². The lowest BCUT2D eigenvalue weighted by Crippen LogP contribution is -2.39. The van der Waals surface area contributed by atoms with E-state index in [-0.39, 0.29) is 24.4 Å². The van der Waals surface area contributed by atoms with Crippen molar-refractivity contribution in [3.63, 3.8) is 0 Å². The first-order valence-corrected chi connectivity index (χ1v) is 8.03. The summed E-state index contributed by atoms with van der Waals surface area (Å²) in [6, 6.07) is 7.92. The van der Waals surface area contributed by atoms with E-state index in [1.54, 1.807) is 0 Å². The summed E-state index contributed by atoms with van der Waals surface area (Å²) in [5.74, 6) is 0.979. The predicted octanol–water partition coefficient (Wildman–Crippen LogP) is 1.81. The molecule has 0 radical (unpaired) electrons. The van der Waals surface area contributed by atoms with Crippen LogP contribution in [0.3, 0.4) is 0 Å². The Morgan fingerprint density at radius 3 is 2.70 bits per heavy atom. The Hall–Kier alpha value is -1.30. The maximum Gasteiger partial charge on any atom is 0.237 e. The smallest absolute Gasteiger partial charge is 0.237 e. The number of carbonyl (C=O) groups is 1. The van der Waals surface area contributed by atoms with E-state index in [1.165, 1.54) is 0 Å². The Morgan fingerprint density at radius 2 is 2.09 bits per heavy atom. The van der Waals surface area contributed by atoms with Gasteiger partial charge in [-0.3, -0.25) is 4.79 Å². The number of nitrogens with zero attached hydrogens (tertiary/aromatic N) is 1. The summed E-state index contributed by atoms with van der Waals surface area (Å²) in [4.78, 5) is 14.1. The number of benzene rings is 1. The van der Waals surface area contributed by atoms with Crippen LogP contribution in [0.25, 0.3) is 0 Å². The van der Waals surface area contributed by atoms with Gasteiger partial charge in [0.1, 0.15) is 5.75 Å². The Kier molecular flexibility index (Phi) is 8.99. The molecule has 1 aliphatic rings. The van der Waals surface area contributed by atoms with Crippen molar-refractivity contribution in [1.29, 1.82) is 0 Å². The second kappa shape index (κ2) is 10.5. The van der Waals surface area contributed by atoms with Crippen molar-refractivity contribution in [3.8, 4) is 5.75 Å². The van der Waals surface area contributed by atoms with Crippen LogP contribution in [0.4, 0.5) is 0 Å². The van der Waals surface area contributed by atoms with E-state index in [9.17, 15) is 4.79 Å². The van der Waals surface area contributed by atoms with Crippen molar-refractivity contribution in [2.24, 2.45) is 0 Å². The SMILES string of the molecule is CN(C)CCCOc1ccc(CNC(=O)[C@@H]2CCCN2)cc1.Cl. The van der Waals surface area contributed by atoms with Gasteiger partial charge in [0.2, 0.25) is 5.91 Å². The first kappa shape index (κ1) is 19.7. The van der Waals surface area contributed by atoms with E-state index < -0.39 is 0 Å². The highest BCUT2D eigenvalue weighted by Gasteiger charge is 2.21. The molecule has 2 N–H and O–H groups in total. The standard InChI is InChI=1S/C17H27N3O2.ClH/c1-20(2)11-4-12-22-15-8-6-14(7-9-15)13-19-17(21)16-5-3-10-18-16;/h6-9,16,18H,3-5,10-13H2,1-2H3,(H,19,21);1H/t16-;/m0./s1. The van der Waals surface area contributed by atoms with E-state index in [4.69, 9.17) is 4.74 Å². The van der Waals surface area contributed by atoms with Crippen molar-refractivity contribution in [1.82, 2.24) is 15.5 Å². The molecule has 1 aliphatic heterocycles. The number of halogens is 1. The Morgan fingerprint density at radius 1 is 1.35 bits per heavy atom. The average Bonchev–Trinajstić information content (AvgIpc) is 3.04. The molecule has 23 heavy (non-hydrogen) atoms. The molecule has 6 heteroatoms. The first-order chi connectivity index (χ1) is 10.6.